The lowest BCUT2D eigenvalue weighted by atomic mass is 10.1. The van der Waals surface area contributed by atoms with Crippen LogP contribution in [0.3, 0.4) is 0 Å². The van der Waals surface area contributed by atoms with E-state index >= 15 is 0 Å². The highest BCUT2D eigenvalue weighted by molar-refractivity contribution is 7.98. The molecule has 2 aromatic carbocycles. The van der Waals surface area contributed by atoms with Gasteiger partial charge in [0.1, 0.15) is 17.7 Å². The molecule has 0 saturated carbocycles. The van der Waals surface area contributed by atoms with Gasteiger partial charge in [-0.05, 0) is 61.8 Å². The quantitative estimate of drug-likeness (QED) is 0.298. The number of thioether (sulfide) groups is 1. The van der Waals surface area contributed by atoms with E-state index in [4.69, 9.17) is 15.9 Å². The van der Waals surface area contributed by atoms with Crippen LogP contribution in [0.1, 0.15) is 24.0 Å². The summed E-state index contributed by atoms with van der Waals surface area (Å²) in [5, 5.41) is 11.7. The van der Waals surface area contributed by atoms with Gasteiger partial charge in [0.05, 0.1) is 11.0 Å². The predicted molar refractivity (Wildman–Crippen MR) is 110 cm³/mol. The van der Waals surface area contributed by atoms with Gasteiger partial charge in [-0.15, -0.1) is 0 Å². The molecule has 6 nitrogen and oxygen atoms in total. The zero-order valence-corrected chi connectivity index (χ0v) is 15.8. The topological polar surface area (TPSA) is 99.8 Å². The number of nitrogens with two attached hydrogens (primary N) is 1. The van der Waals surface area contributed by atoms with Crippen molar-refractivity contribution in [2.75, 3.05) is 13.1 Å². The van der Waals surface area contributed by atoms with Crippen LogP contribution in [-0.4, -0.2) is 35.0 Å². The molecule has 1 aliphatic heterocycles. The lowest BCUT2D eigenvalue weighted by Crippen LogP contribution is -2.34. The van der Waals surface area contributed by atoms with Gasteiger partial charge in [-0.2, -0.15) is 0 Å². The third-order valence-electron chi connectivity index (χ3n) is 4.66. The molecule has 27 heavy (non-hydrogen) atoms. The predicted octanol–water partition coefficient (Wildman–Crippen LogP) is 3.27. The van der Waals surface area contributed by atoms with Crippen molar-refractivity contribution in [1.82, 2.24) is 15.3 Å². The summed E-state index contributed by atoms with van der Waals surface area (Å²) in [4.78, 5) is 7.88. The average molecular weight is 382 g/mol. The van der Waals surface area contributed by atoms with Crippen molar-refractivity contribution in [2.24, 2.45) is 5.73 Å². The molecule has 4 rings (SSSR count). The van der Waals surface area contributed by atoms with E-state index in [1.54, 1.807) is 11.8 Å². The molecule has 1 aromatic heterocycles. The first-order valence-corrected chi connectivity index (χ1v) is 10.1. The number of hydrogen-bond acceptors (Lipinski definition) is 5. The molecule has 7 heteroatoms. The van der Waals surface area contributed by atoms with Crippen molar-refractivity contribution >= 4 is 28.6 Å². The Kier molecular flexibility index (Phi) is 5.31. The summed E-state index contributed by atoms with van der Waals surface area (Å²) in [6, 6.07) is 13.9. The summed E-state index contributed by atoms with van der Waals surface area (Å²) in [6.45, 7) is 2.07. The lowest BCUT2D eigenvalue weighted by molar-refractivity contribution is 0.162. The molecule has 3 aromatic rings. The molecule has 1 fully saturated rings. The number of nitrogen functional groups attached to an aromatic ring is 1. The summed E-state index contributed by atoms with van der Waals surface area (Å²) in [5.41, 5.74) is 9.26. The van der Waals surface area contributed by atoms with Crippen LogP contribution in [0.5, 0.6) is 5.75 Å². The Morgan fingerprint density at radius 2 is 1.96 bits per heavy atom. The monoisotopic (exact) mass is 381 g/mol. The van der Waals surface area contributed by atoms with E-state index in [-0.39, 0.29) is 5.84 Å². The average Bonchev–Trinajstić information content (AvgIpc) is 3.10. The Labute approximate surface area is 162 Å². The normalized spacial score (nSPS) is 15.1. The van der Waals surface area contributed by atoms with Crippen molar-refractivity contribution < 1.29 is 4.74 Å². The smallest absolute Gasteiger partial charge is 0.166 e. The second kappa shape index (κ2) is 8.02. The van der Waals surface area contributed by atoms with E-state index in [9.17, 15) is 0 Å². The van der Waals surface area contributed by atoms with Crippen LogP contribution in [0, 0.1) is 5.41 Å². The molecular weight excluding hydrogens is 358 g/mol. The van der Waals surface area contributed by atoms with Gasteiger partial charge < -0.3 is 20.8 Å². The third-order valence-corrected chi connectivity index (χ3v) is 5.60. The van der Waals surface area contributed by atoms with Crippen LogP contribution in [0.25, 0.3) is 11.0 Å². The number of nitrogens with one attached hydrogen (secondary N) is 3. The molecular formula is C20H23N5OS. The first-order valence-electron chi connectivity index (χ1n) is 9.11. The Balaban J connectivity index is 1.36. The van der Waals surface area contributed by atoms with Gasteiger partial charge in [-0.1, -0.05) is 23.9 Å². The lowest BCUT2D eigenvalue weighted by Gasteiger charge is -2.23. The maximum atomic E-state index is 7.53. The summed E-state index contributed by atoms with van der Waals surface area (Å²) in [6.07, 6.45) is 2.45. The molecule has 140 valence electrons. The molecule has 0 radical (unpaired) electrons. The van der Waals surface area contributed by atoms with Crippen LogP contribution >= 0.6 is 11.8 Å². The molecule has 1 saturated heterocycles. The Hall–Kier alpha value is -2.51. The molecule has 1 aliphatic rings. The number of imidazole rings is 1. The Bertz CT molecular complexity index is 931. The number of piperidine rings is 1. The van der Waals surface area contributed by atoms with Gasteiger partial charge in [0, 0.05) is 11.3 Å². The van der Waals surface area contributed by atoms with Crippen LogP contribution in [0.15, 0.2) is 47.6 Å². The molecule has 0 atom stereocenters. The van der Waals surface area contributed by atoms with Crippen molar-refractivity contribution in [3.8, 4) is 5.75 Å². The molecule has 0 amide bonds. The van der Waals surface area contributed by atoms with Crippen molar-refractivity contribution in [3.63, 3.8) is 0 Å². The fourth-order valence-electron chi connectivity index (χ4n) is 3.14. The van der Waals surface area contributed by atoms with E-state index in [0.29, 0.717) is 11.7 Å². The highest BCUT2D eigenvalue weighted by atomic mass is 32.2. The third kappa shape index (κ3) is 4.43. The largest absolute Gasteiger partial charge is 0.490 e. The molecule has 0 aliphatic carbocycles. The zero-order chi connectivity index (χ0) is 18.6. The summed E-state index contributed by atoms with van der Waals surface area (Å²) in [5.74, 6) is 1.83. The second-order valence-electron chi connectivity index (χ2n) is 6.69. The van der Waals surface area contributed by atoms with E-state index < -0.39 is 0 Å². The number of amidine groups is 1. The highest BCUT2D eigenvalue weighted by Gasteiger charge is 2.14. The van der Waals surface area contributed by atoms with E-state index in [1.807, 2.05) is 18.2 Å². The van der Waals surface area contributed by atoms with Gasteiger partial charge >= 0.3 is 0 Å². The van der Waals surface area contributed by atoms with Crippen LogP contribution in [0.4, 0.5) is 0 Å². The van der Waals surface area contributed by atoms with Gasteiger partial charge in [0.15, 0.2) is 5.16 Å². The standard InChI is InChI=1S/C20H23N5OS/c21-19(22)14-3-6-17-18(11-14)25-20(24-17)27-12-13-1-4-15(5-2-13)26-16-7-9-23-10-8-16/h1-6,11,16,23H,7-10,12H2,(H3,21,22)(H,24,25). The van der Waals surface area contributed by atoms with E-state index in [0.717, 1.165) is 53.6 Å². The van der Waals surface area contributed by atoms with Crippen molar-refractivity contribution in [2.45, 2.75) is 29.9 Å². The Morgan fingerprint density at radius 1 is 1.19 bits per heavy atom. The molecule has 2 heterocycles. The van der Waals surface area contributed by atoms with Gasteiger partial charge in [-0.25, -0.2) is 4.98 Å². The SMILES string of the molecule is N=C(N)c1ccc2nc(SCc3ccc(OC4CCNCC4)cc3)[nH]c2c1. The van der Waals surface area contributed by atoms with Gasteiger partial charge in [0.2, 0.25) is 0 Å². The number of benzene rings is 2. The number of aromatic nitrogens is 2. The first kappa shape index (κ1) is 17.9. The number of hydrogen-bond donors (Lipinski definition) is 4. The minimum atomic E-state index is 0.0625. The van der Waals surface area contributed by atoms with Gasteiger partial charge in [0.25, 0.3) is 0 Å². The fourth-order valence-corrected chi connectivity index (χ4v) is 3.98. The zero-order valence-electron chi connectivity index (χ0n) is 15.0. The molecule has 5 N–H and O–H groups in total. The summed E-state index contributed by atoms with van der Waals surface area (Å²) >= 11 is 1.65. The maximum Gasteiger partial charge on any atom is 0.166 e. The maximum absolute atomic E-state index is 7.53. The second-order valence-corrected chi connectivity index (χ2v) is 7.65. The van der Waals surface area contributed by atoms with Crippen molar-refractivity contribution in [1.29, 1.82) is 5.41 Å². The first-order chi connectivity index (χ1) is 13.2. The number of ether oxygens (including phenoxy) is 1. The number of H-pyrrole nitrogens is 1. The van der Waals surface area contributed by atoms with E-state index in [2.05, 4.69) is 39.6 Å². The van der Waals surface area contributed by atoms with E-state index in [1.165, 1.54) is 5.56 Å². The molecule has 0 bridgehead atoms. The van der Waals surface area contributed by atoms with Crippen LogP contribution in [0.2, 0.25) is 0 Å². The van der Waals surface area contributed by atoms with Crippen molar-refractivity contribution in [3.05, 3.63) is 53.6 Å². The fraction of sp³-hybridized carbons (Fsp3) is 0.300. The Morgan fingerprint density at radius 3 is 2.70 bits per heavy atom. The molecule has 0 spiro atoms. The van der Waals surface area contributed by atoms with Crippen LogP contribution < -0.4 is 15.8 Å². The van der Waals surface area contributed by atoms with Crippen LogP contribution in [-0.2, 0) is 5.75 Å². The molecule has 0 unspecified atom stereocenters. The highest BCUT2D eigenvalue weighted by Crippen LogP contribution is 2.25. The minimum Gasteiger partial charge on any atom is -0.490 e. The number of rotatable bonds is 6. The minimum absolute atomic E-state index is 0.0625. The summed E-state index contributed by atoms with van der Waals surface area (Å²) in [7, 11) is 0. The van der Waals surface area contributed by atoms with Gasteiger partial charge in [-0.3, -0.25) is 5.41 Å². The summed E-state index contributed by atoms with van der Waals surface area (Å²) < 4.78 is 6.05. The number of nitrogens with zero attached hydrogens (tertiary/aromatic N) is 1. The number of aromatic amines is 1. The number of fused-ring (bicyclic) bond motifs is 1.